The SMILES string of the molecule is CC(CS(=O)(=O)c1ccccc1)OC(=O)C(C)(C)C. The maximum absolute atomic E-state index is 12.1. The van der Waals surface area contributed by atoms with Gasteiger partial charge in [0.05, 0.1) is 16.1 Å². The lowest BCUT2D eigenvalue weighted by atomic mass is 9.97. The Kier molecular flexibility index (Phi) is 4.74. The van der Waals surface area contributed by atoms with Gasteiger partial charge in [0.25, 0.3) is 0 Å². The normalized spacial score (nSPS) is 13.9. The van der Waals surface area contributed by atoms with Gasteiger partial charge in [0.15, 0.2) is 9.84 Å². The molecule has 1 aromatic carbocycles. The van der Waals surface area contributed by atoms with Gasteiger partial charge in [-0.15, -0.1) is 0 Å². The predicted molar refractivity (Wildman–Crippen MR) is 73.5 cm³/mol. The molecule has 1 rings (SSSR count). The fraction of sp³-hybridized carbons (Fsp3) is 0.500. The molecule has 106 valence electrons. The van der Waals surface area contributed by atoms with Gasteiger partial charge in [0.2, 0.25) is 0 Å². The molecule has 0 heterocycles. The molecule has 0 fully saturated rings. The summed E-state index contributed by atoms with van der Waals surface area (Å²) in [4.78, 5) is 11.9. The Balaban J connectivity index is 2.73. The fourth-order valence-corrected chi connectivity index (χ4v) is 2.88. The smallest absolute Gasteiger partial charge is 0.311 e. The van der Waals surface area contributed by atoms with Crippen LogP contribution < -0.4 is 0 Å². The maximum Gasteiger partial charge on any atom is 0.311 e. The fourth-order valence-electron chi connectivity index (χ4n) is 1.43. The van der Waals surface area contributed by atoms with Gasteiger partial charge in [0.1, 0.15) is 6.10 Å². The number of sulfone groups is 1. The van der Waals surface area contributed by atoms with Crippen molar-refractivity contribution < 1.29 is 17.9 Å². The van der Waals surface area contributed by atoms with Crippen molar-refractivity contribution in [1.29, 1.82) is 0 Å². The van der Waals surface area contributed by atoms with Crippen molar-refractivity contribution in [1.82, 2.24) is 0 Å². The lowest BCUT2D eigenvalue weighted by Crippen LogP contribution is -2.30. The molecule has 0 bridgehead atoms. The number of carbonyl (C=O) groups excluding carboxylic acids is 1. The summed E-state index contributed by atoms with van der Waals surface area (Å²) < 4.78 is 29.3. The predicted octanol–water partition coefficient (Wildman–Crippen LogP) is 2.44. The van der Waals surface area contributed by atoms with Crippen molar-refractivity contribution in [2.75, 3.05) is 5.75 Å². The molecule has 0 aliphatic heterocycles. The second-order valence-corrected chi connectivity index (χ2v) is 7.59. The number of rotatable bonds is 4. The van der Waals surface area contributed by atoms with E-state index in [-0.39, 0.29) is 10.6 Å². The third-order valence-corrected chi connectivity index (χ3v) is 4.38. The average molecular weight is 284 g/mol. The summed E-state index contributed by atoms with van der Waals surface area (Å²) in [7, 11) is -3.43. The zero-order chi connectivity index (χ0) is 14.7. The van der Waals surface area contributed by atoms with Gasteiger partial charge in [-0.3, -0.25) is 4.79 Å². The Labute approximate surface area is 114 Å². The molecule has 0 saturated heterocycles. The van der Waals surface area contributed by atoms with Crippen LogP contribution in [0.15, 0.2) is 35.2 Å². The molecule has 0 radical (unpaired) electrons. The number of ether oxygens (including phenoxy) is 1. The summed E-state index contributed by atoms with van der Waals surface area (Å²) >= 11 is 0. The largest absolute Gasteiger partial charge is 0.461 e. The molecule has 19 heavy (non-hydrogen) atoms. The Hall–Kier alpha value is -1.36. The first-order valence-corrected chi connectivity index (χ1v) is 7.77. The molecule has 1 atom stereocenters. The van der Waals surface area contributed by atoms with E-state index in [0.29, 0.717) is 0 Å². The molecule has 0 aromatic heterocycles. The number of hydrogen-bond acceptors (Lipinski definition) is 4. The molecule has 1 aromatic rings. The number of hydrogen-bond donors (Lipinski definition) is 0. The quantitative estimate of drug-likeness (QED) is 0.797. The highest BCUT2D eigenvalue weighted by Crippen LogP contribution is 2.18. The van der Waals surface area contributed by atoms with E-state index in [2.05, 4.69) is 0 Å². The van der Waals surface area contributed by atoms with Gasteiger partial charge in [0, 0.05) is 0 Å². The van der Waals surface area contributed by atoms with Gasteiger partial charge in [-0.2, -0.15) is 0 Å². The minimum Gasteiger partial charge on any atom is -0.461 e. The topological polar surface area (TPSA) is 60.4 Å². The summed E-state index contributed by atoms with van der Waals surface area (Å²) in [5.74, 6) is -0.609. The number of benzene rings is 1. The molecule has 1 unspecified atom stereocenters. The Morgan fingerprint density at radius 3 is 2.21 bits per heavy atom. The van der Waals surface area contributed by atoms with Crippen LogP contribution in [0.2, 0.25) is 0 Å². The van der Waals surface area contributed by atoms with Gasteiger partial charge in [-0.05, 0) is 39.8 Å². The van der Waals surface area contributed by atoms with Crippen LogP contribution in [0.4, 0.5) is 0 Å². The standard InChI is InChI=1S/C14H20O4S/c1-11(18-13(15)14(2,3)4)10-19(16,17)12-8-6-5-7-9-12/h5-9,11H,10H2,1-4H3. The van der Waals surface area contributed by atoms with Crippen molar-refractivity contribution in [3.63, 3.8) is 0 Å². The Morgan fingerprint density at radius 2 is 1.74 bits per heavy atom. The van der Waals surface area contributed by atoms with Crippen LogP contribution in [0, 0.1) is 5.41 Å². The molecule has 0 aliphatic rings. The zero-order valence-electron chi connectivity index (χ0n) is 11.7. The van der Waals surface area contributed by atoms with Gasteiger partial charge in [-0.1, -0.05) is 18.2 Å². The van der Waals surface area contributed by atoms with Crippen molar-refractivity contribution in [2.24, 2.45) is 5.41 Å². The lowest BCUT2D eigenvalue weighted by molar-refractivity contribution is -0.156. The van der Waals surface area contributed by atoms with Crippen molar-refractivity contribution in [2.45, 2.75) is 38.7 Å². The Bertz CT molecular complexity index is 526. The third kappa shape index (κ3) is 4.67. The second kappa shape index (κ2) is 5.74. The van der Waals surface area contributed by atoms with E-state index in [1.165, 1.54) is 12.1 Å². The molecule has 4 nitrogen and oxygen atoms in total. The molecular weight excluding hydrogens is 264 g/mol. The minimum atomic E-state index is -3.43. The highest BCUT2D eigenvalue weighted by atomic mass is 32.2. The minimum absolute atomic E-state index is 0.209. The van der Waals surface area contributed by atoms with E-state index in [4.69, 9.17) is 4.74 Å². The first-order chi connectivity index (χ1) is 8.63. The van der Waals surface area contributed by atoms with E-state index >= 15 is 0 Å². The van der Waals surface area contributed by atoms with Crippen LogP contribution in [-0.2, 0) is 19.4 Å². The monoisotopic (exact) mass is 284 g/mol. The van der Waals surface area contributed by atoms with Crippen LogP contribution in [0.5, 0.6) is 0 Å². The van der Waals surface area contributed by atoms with Crippen molar-refractivity contribution in [3.8, 4) is 0 Å². The summed E-state index contributed by atoms with van der Waals surface area (Å²) in [5, 5.41) is 0. The summed E-state index contributed by atoms with van der Waals surface area (Å²) in [6.45, 7) is 6.78. The maximum atomic E-state index is 12.1. The van der Waals surface area contributed by atoms with Gasteiger partial charge >= 0.3 is 5.97 Å². The van der Waals surface area contributed by atoms with Crippen LogP contribution in [0.25, 0.3) is 0 Å². The van der Waals surface area contributed by atoms with Gasteiger partial charge < -0.3 is 4.74 Å². The van der Waals surface area contributed by atoms with E-state index in [9.17, 15) is 13.2 Å². The van der Waals surface area contributed by atoms with Crippen LogP contribution in [-0.4, -0.2) is 26.2 Å². The number of esters is 1. The van der Waals surface area contributed by atoms with Crippen LogP contribution >= 0.6 is 0 Å². The highest BCUT2D eigenvalue weighted by Gasteiger charge is 2.27. The lowest BCUT2D eigenvalue weighted by Gasteiger charge is -2.20. The summed E-state index contributed by atoms with van der Waals surface area (Å²) in [6.07, 6.45) is -0.670. The molecule has 0 amide bonds. The third-order valence-electron chi connectivity index (χ3n) is 2.48. The summed E-state index contributed by atoms with van der Waals surface area (Å²) in [5.41, 5.74) is -0.634. The molecular formula is C14H20O4S. The van der Waals surface area contributed by atoms with E-state index in [1.807, 2.05) is 0 Å². The number of carbonyl (C=O) groups is 1. The van der Waals surface area contributed by atoms with Crippen LogP contribution in [0.3, 0.4) is 0 Å². The first-order valence-electron chi connectivity index (χ1n) is 6.12. The zero-order valence-corrected chi connectivity index (χ0v) is 12.5. The molecule has 5 heteroatoms. The van der Waals surface area contributed by atoms with Crippen molar-refractivity contribution >= 4 is 15.8 Å². The molecule has 0 spiro atoms. The first kappa shape index (κ1) is 15.7. The summed E-state index contributed by atoms with van der Waals surface area (Å²) in [6, 6.07) is 8.15. The second-order valence-electron chi connectivity index (χ2n) is 5.56. The molecule has 0 saturated carbocycles. The Morgan fingerprint density at radius 1 is 1.21 bits per heavy atom. The van der Waals surface area contributed by atoms with E-state index in [1.54, 1.807) is 45.9 Å². The van der Waals surface area contributed by atoms with E-state index < -0.39 is 27.3 Å². The van der Waals surface area contributed by atoms with Crippen LogP contribution in [0.1, 0.15) is 27.7 Å². The van der Waals surface area contributed by atoms with Crippen molar-refractivity contribution in [3.05, 3.63) is 30.3 Å². The van der Waals surface area contributed by atoms with Gasteiger partial charge in [-0.25, -0.2) is 8.42 Å². The molecule has 0 aliphatic carbocycles. The van der Waals surface area contributed by atoms with E-state index in [0.717, 1.165) is 0 Å². The molecule has 0 N–H and O–H groups in total. The highest BCUT2D eigenvalue weighted by molar-refractivity contribution is 7.91. The average Bonchev–Trinajstić information content (AvgIpc) is 2.28.